The third kappa shape index (κ3) is 5.56. The van der Waals surface area contributed by atoms with Crippen molar-refractivity contribution < 1.29 is 9.59 Å². The Bertz CT molecular complexity index is 1160. The molecule has 3 aromatic rings. The lowest BCUT2D eigenvalue weighted by atomic mass is 9.72. The van der Waals surface area contributed by atoms with Gasteiger partial charge in [0.25, 0.3) is 11.8 Å². The van der Waals surface area contributed by atoms with Crippen LogP contribution >= 0.6 is 27.3 Å². The van der Waals surface area contributed by atoms with Crippen molar-refractivity contribution in [1.29, 1.82) is 0 Å². The lowest BCUT2D eigenvalue weighted by Crippen LogP contribution is -2.28. The largest absolute Gasteiger partial charge is 0.348 e. The SMILES string of the molecule is CC(C)(C)C1CCc2c(sc(NC(=O)c3cccc(Br)c3)c2C(=O)NCc2ccccc2)C1. The van der Waals surface area contributed by atoms with Crippen molar-refractivity contribution in [3.05, 3.63) is 86.2 Å². The number of fused-ring (bicyclic) bond motifs is 1. The molecular weight excluding hydrogens is 496 g/mol. The molecule has 2 amide bonds. The first-order valence-corrected chi connectivity index (χ1v) is 12.9. The summed E-state index contributed by atoms with van der Waals surface area (Å²) in [6, 6.07) is 17.2. The molecule has 0 spiro atoms. The van der Waals surface area contributed by atoms with Crippen LogP contribution in [0, 0.1) is 11.3 Å². The fourth-order valence-corrected chi connectivity index (χ4v) is 6.04. The van der Waals surface area contributed by atoms with E-state index in [0.717, 1.165) is 34.9 Å². The highest BCUT2D eigenvalue weighted by Gasteiger charge is 2.34. The summed E-state index contributed by atoms with van der Waals surface area (Å²) in [6.45, 7) is 7.28. The summed E-state index contributed by atoms with van der Waals surface area (Å²) in [5, 5.41) is 6.75. The molecule has 4 rings (SSSR count). The van der Waals surface area contributed by atoms with E-state index in [2.05, 4.69) is 47.3 Å². The summed E-state index contributed by atoms with van der Waals surface area (Å²) in [5.41, 5.74) is 3.52. The first-order valence-electron chi connectivity index (χ1n) is 11.3. The van der Waals surface area contributed by atoms with Crippen molar-refractivity contribution in [2.75, 3.05) is 5.32 Å². The Morgan fingerprint density at radius 1 is 1.06 bits per heavy atom. The Morgan fingerprint density at radius 2 is 1.82 bits per heavy atom. The molecule has 6 heteroatoms. The van der Waals surface area contributed by atoms with Crippen LogP contribution < -0.4 is 10.6 Å². The van der Waals surface area contributed by atoms with Gasteiger partial charge < -0.3 is 10.6 Å². The third-order valence-electron chi connectivity index (χ3n) is 6.33. The number of hydrogen-bond acceptors (Lipinski definition) is 3. The number of nitrogens with one attached hydrogen (secondary N) is 2. The highest BCUT2D eigenvalue weighted by Crippen LogP contribution is 2.44. The van der Waals surface area contributed by atoms with Crippen LogP contribution in [0.2, 0.25) is 0 Å². The number of thiophene rings is 1. The second-order valence-corrected chi connectivity index (χ2v) is 11.7. The number of amides is 2. The maximum Gasteiger partial charge on any atom is 0.256 e. The molecule has 1 aliphatic carbocycles. The van der Waals surface area contributed by atoms with Crippen molar-refractivity contribution in [1.82, 2.24) is 5.32 Å². The smallest absolute Gasteiger partial charge is 0.256 e. The average Bonchev–Trinajstić information content (AvgIpc) is 3.14. The lowest BCUT2D eigenvalue weighted by molar-refractivity contribution is 0.0950. The predicted octanol–water partition coefficient (Wildman–Crippen LogP) is 6.84. The Kier molecular flexibility index (Phi) is 7.05. The van der Waals surface area contributed by atoms with Crippen molar-refractivity contribution in [2.45, 2.75) is 46.6 Å². The predicted molar refractivity (Wildman–Crippen MR) is 139 cm³/mol. The van der Waals surface area contributed by atoms with Crippen molar-refractivity contribution in [3.8, 4) is 0 Å². The highest BCUT2D eigenvalue weighted by molar-refractivity contribution is 9.10. The Morgan fingerprint density at radius 3 is 2.52 bits per heavy atom. The number of rotatable bonds is 5. The summed E-state index contributed by atoms with van der Waals surface area (Å²) in [7, 11) is 0. The fraction of sp³-hybridized carbons (Fsp3) is 0.333. The van der Waals surface area contributed by atoms with Crippen molar-refractivity contribution in [3.63, 3.8) is 0 Å². The molecule has 1 unspecified atom stereocenters. The molecule has 33 heavy (non-hydrogen) atoms. The molecule has 0 radical (unpaired) electrons. The first kappa shape index (κ1) is 23.7. The van der Waals surface area contributed by atoms with Crippen LogP contribution in [0.3, 0.4) is 0 Å². The zero-order valence-corrected chi connectivity index (χ0v) is 21.6. The first-order chi connectivity index (χ1) is 15.7. The van der Waals surface area contributed by atoms with Crippen LogP contribution in [-0.2, 0) is 19.4 Å². The van der Waals surface area contributed by atoms with E-state index in [-0.39, 0.29) is 17.2 Å². The van der Waals surface area contributed by atoms with E-state index in [0.29, 0.717) is 28.6 Å². The van der Waals surface area contributed by atoms with E-state index >= 15 is 0 Å². The van der Waals surface area contributed by atoms with Gasteiger partial charge in [-0.1, -0.05) is 73.1 Å². The number of carbonyl (C=O) groups is 2. The van der Waals surface area contributed by atoms with E-state index in [4.69, 9.17) is 0 Å². The number of benzene rings is 2. The van der Waals surface area contributed by atoms with Crippen LogP contribution in [0.1, 0.15) is 63.9 Å². The molecule has 1 aromatic heterocycles. The topological polar surface area (TPSA) is 58.2 Å². The zero-order chi connectivity index (χ0) is 23.6. The maximum atomic E-state index is 13.4. The van der Waals surface area contributed by atoms with Gasteiger partial charge in [0.15, 0.2) is 0 Å². The van der Waals surface area contributed by atoms with E-state index in [9.17, 15) is 9.59 Å². The van der Waals surface area contributed by atoms with Gasteiger partial charge in [0.1, 0.15) is 5.00 Å². The molecule has 1 atom stereocenters. The van der Waals surface area contributed by atoms with Gasteiger partial charge in [-0.3, -0.25) is 9.59 Å². The van der Waals surface area contributed by atoms with Gasteiger partial charge in [-0.05, 0) is 59.9 Å². The average molecular weight is 526 g/mol. The second kappa shape index (κ2) is 9.82. The molecule has 2 N–H and O–H groups in total. The van der Waals surface area contributed by atoms with Crippen LogP contribution in [0.5, 0.6) is 0 Å². The van der Waals surface area contributed by atoms with Crippen LogP contribution in [0.15, 0.2) is 59.1 Å². The third-order valence-corrected chi connectivity index (χ3v) is 7.99. The summed E-state index contributed by atoms with van der Waals surface area (Å²) >= 11 is 4.98. The number of anilines is 1. The van der Waals surface area contributed by atoms with Crippen LogP contribution in [-0.4, -0.2) is 11.8 Å². The number of hydrogen-bond donors (Lipinski definition) is 2. The number of halogens is 1. The number of carbonyl (C=O) groups excluding carboxylic acids is 2. The van der Waals surface area contributed by atoms with Crippen LogP contribution in [0.25, 0.3) is 0 Å². The maximum absolute atomic E-state index is 13.4. The normalized spacial score (nSPS) is 15.6. The second-order valence-electron chi connectivity index (χ2n) is 9.65. The molecule has 0 saturated carbocycles. The summed E-state index contributed by atoms with van der Waals surface area (Å²) < 4.78 is 0.842. The van der Waals surface area contributed by atoms with Gasteiger partial charge in [0, 0.05) is 21.5 Å². The lowest BCUT2D eigenvalue weighted by Gasteiger charge is -2.33. The standard InChI is InChI=1S/C27H29BrN2O2S/c1-27(2,3)19-12-13-21-22(15-19)33-26(30-24(31)18-10-7-11-20(28)14-18)23(21)25(32)29-16-17-8-5-4-6-9-17/h4-11,14,19H,12-13,15-16H2,1-3H3,(H,29,32)(H,30,31). The minimum atomic E-state index is -0.209. The Labute approximate surface area is 207 Å². The molecule has 4 nitrogen and oxygen atoms in total. The van der Waals surface area contributed by atoms with Gasteiger partial charge in [-0.15, -0.1) is 11.3 Å². The van der Waals surface area contributed by atoms with Gasteiger partial charge in [-0.2, -0.15) is 0 Å². The zero-order valence-electron chi connectivity index (χ0n) is 19.2. The molecule has 2 aromatic carbocycles. The van der Waals surface area contributed by atoms with Gasteiger partial charge >= 0.3 is 0 Å². The monoisotopic (exact) mass is 524 g/mol. The molecule has 0 aliphatic heterocycles. The van der Waals surface area contributed by atoms with Gasteiger partial charge in [0.05, 0.1) is 5.56 Å². The molecule has 1 heterocycles. The molecule has 1 aliphatic rings. The van der Waals surface area contributed by atoms with Gasteiger partial charge in [-0.25, -0.2) is 0 Å². The summed E-state index contributed by atoms with van der Waals surface area (Å²) in [5.74, 6) is 0.215. The van der Waals surface area contributed by atoms with E-state index in [1.54, 1.807) is 23.5 Å². The van der Waals surface area contributed by atoms with Crippen molar-refractivity contribution in [2.24, 2.45) is 11.3 Å². The Balaban J connectivity index is 1.63. The van der Waals surface area contributed by atoms with Crippen molar-refractivity contribution >= 4 is 44.1 Å². The fourth-order valence-electron chi connectivity index (χ4n) is 4.32. The van der Waals surface area contributed by atoms with Crippen LogP contribution in [0.4, 0.5) is 5.00 Å². The van der Waals surface area contributed by atoms with E-state index in [1.807, 2.05) is 42.5 Å². The van der Waals surface area contributed by atoms with Gasteiger partial charge in [0.2, 0.25) is 0 Å². The molecule has 172 valence electrons. The summed E-state index contributed by atoms with van der Waals surface area (Å²) in [4.78, 5) is 27.6. The molecular formula is C27H29BrN2O2S. The minimum absolute atomic E-state index is 0.130. The highest BCUT2D eigenvalue weighted by atomic mass is 79.9. The summed E-state index contributed by atoms with van der Waals surface area (Å²) in [6.07, 6.45) is 2.84. The van der Waals surface area contributed by atoms with E-state index in [1.165, 1.54) is 4.88 Å². The Hall–Kier alpha value is -2.44. The minimum Gasteiger partial charge on any atom is -0.348 e. The quantitative estimate of drug-likeness (QED) is 0.383. The molecule has 0 saturated heterocycles. The van der Waals surface area contributed by atoms with E-state index < -0.39 is 0 Å². The molecule has 0 bridgehead atoms. The molecule has 0 fully saturated rings.